The summed E-state index contributed by atoms with van der Waals surface area (Å²) in [5.74, 6) is 0.855. The lowest BCUT2D eigenvalue weighted by molar-refractivity contribution is 0.414. The van der Waals surface area contributed by atoms with Crippen LogP contribution >= 0.6 is 0 Å². The number of aromatic amines is 1. The second-order valence-corrected chi connectivity index (χ2v) is 4.34. The van der Waals surface area contributed by atoms with E-state index >= 15 is 0 Å². The van der Waals surface area contributed by atoms with E-state index in [0.29, 0.717) is 17.7 Å². The molecule has 3 aromatic rings. The van der Waals surface area contributed by atoms with Gasteiger partial charge in [-0.05, 0) is 17.7 Å². The van der Waals surface area contributed by atoms with E-state index < -0.39 is 0 Å². The van der Waals surface area contributed by atoms with Crippen molar-refractivity contribution in [3.63, 3.8) is 0 Å². The number of fused-ring (bicyclic) bond motifs is 1. The van der Waals surface area contributed by atoms with Gasteiger partial charge in [0.2, 0.25) is 5.95 Å². The number of H-pyrrole nitrogens is 1. The highest BCUT2D eigenvalue weighted by Crippen LogP contribution is 2.14. The van der Waals surface area contributed by atoms with Gasteiger partial charge in [0, 0.05) is 6.54 Å². The van der Waals surface area contributed by atoms with E-state index in [1.165, 1.54) is 0 Å². The highest BCUT2D eigenvalue weighted by atomic mass is 16.5. The normalized spacial score (nSPS) is 10.8. The van der Waals surface area contributed by atoms with Gasteiger partial charge in [0.1, 0.15) is 5.75 Å². The average molecular weight is 271 g/mol. The molecule has 1 aromatic carbocycles. The molecule has 0 aliphatic carbocycles. The summed E-state index contributed by atoms with van der Waals surface area (Å²) in [6, 6.07) is 7.61. The highest BCUT2D eigenvalue weighted by molar-refractivity contribution is 5.70. The van der Waals surface area contributed by atoms with Crippen molar-refractivity contribution in [2.45, 2.75) is 6.54 Å². The number of imidazole rings is 1. The molecule has 0 atom stereocenters. The van der Waals surface area contributed by atoms with Gasteiger partial charge in [-0.15, -0.1) is 0 Å². The summed E-state index contributed by atoms with van der Waals surface area (Å²) in [6.07, 6.45) is 1.58. The third-order valence-corrected chi connectivity index (χ3v) is 3.01. The van der Waals surface area contributed by atoms with E-state index in [1.54, 1.807) is 18.0 Å². The van der Waals surface area contributed by atoms with Gasteiger partial charge in [-0.25, -0.2) is 4.98 Å². The molecule has 2 aromatic heterocycles. The number of rotatable bonds is 3. The zero-order valence-corrected chi connectivity index (χ0v) is 10.8. The summed E-state index contributed by atoms with van der Waals surface area (Å²) in [7, 11) is 1.62. The van der Waals surface area contributed by atoms with Crippen molar-refractivity contribution < 1.29 is 4.74 Å². The maximum atomic E-state index is 11.9. The number of nitrogens with one attached hydrogen (secondary N) is 1. The first-order valence-electron chi connectivity index (χ1n) is 6.01. The first-order chi connectivity index (χ1) is 9.67. The van der Waals surface area contributed by atoms with Gasteiger partial charge in [0.15, 0.2) is 11.2 Å². The quantitative estimate of drug-likeness (QED) is 0.732. The van der Waals surface area contributed by atoms with Crippen molar-refractivity contribution in [2.24, 2.45) is 0 Å². The van der Waals surface area contributed by atoms with Crippen molar-refractivity contribution in [3.8, 4) is 5.75 Å². The largest absolute Gasteiger partial charge is 0.497 e. The molecule has 3 rings (SSSR count). The smallest absolute Gasteiger partial charge is 0.278 e. The number of nitrogen functional groups attached to an aromatic ring is 1. The highest BCUT2D eigenvalue weighted by Gasteiger charge is 2.09. The topological polar surface area (TPSA) is 98.8 Å². The molecule has 0 aliphatic rings. The summed E-state index contributed by atoms with van der Waals surface area (Å²) in [5.41, 5.74) is 6.98. The summed E-state index contributed by atoms with van der Waals surface area (Å²) >= 11 is 0. The third-order valence-electron chi connectivity index (χ3n) is 3.01. The number of hydrogen-bond donors (Lipinski definition) is 2. The minimum absolute atomic E-state index is 0.0668. The number of methoxy groups -OCH3 is 1. The maximum Gasteiger partial charge on any atom is 0.278 e. The van der Waals surface area contributed by atoms with E-state index in [4.69, 9.17) is 10.5 Å². The van der Waals surface area contributed by atoms with Crippen molar-refractivity contribution in [1.29, 1.82) is 0 Å². The first-order valence-corrected chi connectivity index (χ1v) is 6.01. The van der Waals surface area contributed by atoms with Gasteiger partial charge < -0.3 is 15.0 Å². The summed E-state index contributed by atoms with van der Waals surface area (Å²) in [6.45, 7) is 0.523. The van der Waals surface area contributed by atoms with Gasteiger partial charge >= 0.3 is 0 Å². The standard InChI is InChI=1S/C13H13N5O2/c1-20-9-4-2-8(3-5-9)6-18-7-15-11-10(18)12(19)17-13(14)16-11/h2-5,7H,6H2,1H3,(H3,14,16,17,19). The number of nitrogens with zero attached hydrogens (tertiary/aromatic N) is 3. The molecule has 3 N–H and O–H groups in total. The fraction of sp³-hybridized carbons (Fsp3) is 0.154. The van der Waals surface area contributed by atoms with Gasteiger partial charge in [-0.3, -0.25) is 9.78 Å². The molecule has 2 heterocycles. The van der Waals surface area contributed by atoms with Crippen LogP contribution in [0.2, 0.25) is 0 Å². The number of aromatic nitrogens is 4. The Kier molecular flexibility index (Phi) is 2.86. The van der Waals surface area contributed by atoms with Crippen LogP contribution in [0, 0.1) is 0 Å². The van der Waals surface area contributed by atoms with E-state index in [2.05, 4.69) is 15.0 Å². The van der Waals surface area contributed by atoms with E-state index in [-0.39, 0.29) is 11.5 Å². The zero-order chi connectivity index (χ0) is 14.1. The Balaban J connectivity index is 2.00. The minimum Gasteiger partial charge on any atom is -0.497 e. The predicted molar refractivity (Wildman–Crippen MR) is 74.7 cm³/mol. The molecule has 102 valence electrons. The molecule has 0 unspecified atom stereocenters. The van der Waals surface area contributed by atoms with Crippen LogP contribution in [0.15, 0.2) is 35.4 Å². The predicted octanol–water partition coefficient (Wildman–Crippen LogP) is 0.759. The summed E-state index contributed by atoms with van der Waals surface area (Å²) < 4.78 is 6.85. The Hall–Kier alpha value is -2.83. The molecule has 0 radical (unpaired) electrons. The average Bonchev–Trinajstić information content (AvgIpc) is 2.82. The van der Waals surface area contributed by atoms with Crippen molar-refractivity contribution >= 4 is 17.1 Å². The monoisotopic (exact) mass is 271 g/mol. The summed E-state index contributed by atoms with van der Waals surface area (Å²) in [5, 5.41) is 0. The van der Waals surface area contributed by atoms with Crippen molar-refractivity contribution in [3.05, 3.63) is 46.5 Å². The lowest BCUT2D eigenvalue weighted by Gasteiger charge is -2.05. The number of hydrogen-bond acceptors (Lipinski definition) is 5. The van der Waals surface area contributed by atoms with Crippen molar-refractivity contribution in [2.75, 3.05) is 12.8 Å². The number of nitrogens with two attached hydrogens (primary N) is 1. The van der Waals surface area contributed by atoms with Gasteiger partial charge in [-0.2, -0.15) is 4.98 Å². The van der Waals surface area contributed by atoms with Gasteiger partial charge in [0.05, 0.1) is 13.4 Å². The molecule has 0 bridgehead atoms. The van der Waals surface area contributed by atoms with Crippen LogP contribution in [-0.4, -0.2) is 26.6 Å². The van der Waals surface area contributed by atoms with Crippen LogP contribution in [0.1, 0.15) is 5.56 Å². The third kappa shape index (κ3) is 2.09. The maximum absolute atomic E-state index is 11.9. The molecule has 0 aliphatic heterocycles. The zero-order valence-electron chi connectivity index (χ0n) is 10.8. The minimum atomic E-state index is -0.293. The Bertz CT molecular complexity index is 804. The number of anilines is 1. The molecular weight excluding hydrogens is 258 g/mol. The van der Waals surface area contributed by atoms with Gasteiger partial charge in [-0.1, -0.05) is 12.1 Å². The molecule has 0 spiro atoms. The number of benzene rings is 1. The Morgan fingerprint density at radius 3 is 2.80 bits per heavy atom. The van der Waals surface area contributed by atoms with Crippen molar-refractivity contribution in [1.82, 2.24) is 19.5 Å². The second kappa shape index (κ2) is 4.69. The van der Waals surface area contributed by atoms with E-state index in [9.17, 15) is 4.79 Å². The van der Waals surface area contributed by atoms with E-state index in [1.807, 2.05) is 24.3 Å². The fourth-order valence-corrected chi connectivity index (χ4v) is 2.05. The number of ether oxygens (including phenoxy) is 1. The molecule has 7 nitrogen and oxygen atoms in total. The molecule has 0 saturated carbocycles. The molecule has 0 saturated heterocycles. The fourth-order valence-electron chi connectivity index (χ4n) is 2.05. The Labute approximate surface area is 114 Å². The first kappa shape index (κ1) is 12.2. The molecule has 20 heavy (non-hydrogen) atoms. The summed E-state index contributed by atoms with van der Waals surface area (Å²) in [4.78, 5) is 22.5. The molecule has 0 amide bonds. The van der Waals surface area contributed by atoms with Crippen LogP contribution in [0.3, 0.4) is 0 Å². The van der Waals surface area contributed by atoms with Crippen LogP contribution in [0.25, 0.3) is 11.2 Å². The van der Waals surface area contributed by atoms with Crippen LogP contribution < -0.4 is 16.0 Å². The SMILES string of the molecule is COc1ccc(Cn2cnc3nc(N)[nH]c(=O)c32)cc1. The van der Waals surface area contributed by atoms with E-state index in [0.717, 1.165) is 11.3 Å². The van der Waals surface area contributed by atoms with Gasteiger partial charge in [0.25, 0.3) is 5.56 Å². The molecule has 7 heteroatoms. The Morgan fingerprint density at radius 2 is 2.10 bits per heavy atom. The second-order valence-electron chi connectivity index (χ2n) is 4.34. The van der Waals surface area contributed by atoms with Crippen LogP contribution in [0.5, 0.6) is 5.75 Å². The molecule has 0 fully saturated rings. The lowest BCUT2D eigenvalue weighted by atomic mass is 10.2. The van der Waals surface area contributed by atoms with Crippen LogP contribution in [0.4, 0.5) is 5.95 Å². The Morgan fingerprint density at radius 1 is 1.35 bits per heavy atom. The lowest BCUT2D eigenvalue weighted by Crippen LogP contribution is -2.14. The molecular formula is C13H13N5O2. The van der Waals surface area contributed by atoms with Crippen LogP contribution in [-0.2, 0) is 6.54 Å².